The fourth-order valence-electron chi connectivity index (χ4n) is 2.94. The van der Waals surface area contributed by atoms with Crippen molar-refractivity contribution in [1.82, 2.24) is 4.90 Å². The van der Waals surface area contributed by atoms with Crippen LogP contribution in [0.25, 0.3) is 0 Å². The van der Waals surface area contributed by atoms with Crippen LogP contribution < -0.4 is 0 Å². The van der Waals surface area contributed by atoms with Gasteiger partial charge in [0, 0.05) is 18.5 Å². The Labute approximate surface area is 88.9 Å². The molecule has 15 heavy (non-hydrogen) atoms. The number of nitrogens with zero attached hydrogens (tertiary/aromatic N) is 1. The lowest BCUT2D eigenvalue weighted by atomic mass is 9.79. The summed E-state index contributed by atoms with van der Waals surface area (Å²) < 4.78 is 0. The number of aliphatic hydroxyl groups excluding tert-OH is 4. The molecule has 2 fully saturated rings. The summed E-state index contributed by atoms with van der Waals surface area (Å²) >= 11 is 0. The zero-order valence-corrected chi connectivity index (χ0v) is 8.66. The van der Waals surface area contributed by atoms with Gasteiger partial charge >= 0.3 is 0 Å². The van der Waals surface area contributed by atoms with Gasteiger partial charge in [0.2, 0.25) is 0 Å². The maximum atomic E-state index is 9.81. The Morgan fingerprint density at radius 3 is 2.53 bits per heavy atom. The third-order valence-corrected chi connectivity index (χ3v) is 3.77. The SMILES string of the molecule is OCCN1CCC2C(O)C(O)C(O)CC21. The molecule has 1 aliphatic heterocycles. The van der Waals surface area contributed by atoms with Gasteiger partial charge in [0.15, 0.2) is 0 Å². The van der Waals surface area contributed by atoms with E-state index >= 15 is 0 Å². The van der Waals surface area contributed by atoms with E-state index in [1.807, 2.05) is 0 Å². The van der Waals surface area contributed by atoms with Crippen LogP contribution in [0.3, 0.4) is 0 Å². The van der Waals surface area contributed by atoms with Gasteiger partial charge in [-0.2, -0.15) is 0 Å². The standard InChI is InChI=1S/C10H19NO4/c12-4-3-11-2-1-6-7(11)5-8(13)10(15)9(6)14/h6-10,12-15H,1-5H2. The molecule has 0 bridgehead atoms. The minimum atomic E-state index is -1.01. The first-order chi connectivity index (χ1) is 7.15. The zero-order chi connectivity index (χ0) is 11.0. The van der Waals surface area contributed by atoms with Gasteiger partial charge in [-0.25, -0.2) is 0 Å². The molecule has 1 aliphatic carbocycles. The minimum absolute atomic E-state index is 0.0370. The normalized spacial score (nSPS) is 46.8. The highest BCUT2D eigenvalue weighted by Gasteiger charge is 2.47. The summed E-state index contributed by atoms with van der Waals surface area (Å²) in [5.74, 6) is 0.0370. The summed E-state index contributed by atoms with van der Waals surface area (Å²) in [5.41, 5.74) is 0. The van der Waals surface area contributed by atoms with E-state index in [1.54, 1.807) is 0 Å². The Morgan fingerprint density at radius 2 is 1.87 bits per heavy atom. The maximum Gasteiger partial charge on any atom is 0.106 e. The second-order valence-corrected chi connectivity index (χ2v) is 4.56. The van der Waals surface area contributed by atoms with Crippen LogP contribution in [0.2, 0.25) is 0 Å². The molecule has 2 aliphatic rings. The van der Waals surface area contributed by atoms with E-state index in [4.69, 9.17) is 5.11 Å². The van der Waals surface area contributed by atoms with Crippen molar-refractivity contribution in [3.8, 4) is 0 Å². The van der Waals surface area contributed by atoms with Crippen LogP contribution in [-0.4, -0.2) is 69.4 Å². The van der Waals surface area contributed by atoms with Crippen molar-refractivity contribution in [2.45, 2.75) is 37.2 Å². The van der Waals surface area contributed by atoms with Crippen LogP contribution >= 0.6 is 0 Å². The third-order valence-electron chi connectivity index (χ3n) is 3.77. The first-order valence-corrected chi connectivity index (χ1v) is 5.54. The van der Waals surface area contributed by atoms with Gasteiger partial charge < -0.3 is 20.4 Å². The Balaban J connectivity index is 2.06. The van der Waals surface area contributed by atoms with E-state index in [1.165, 1.54) is 0 Å². The Morgan fingerprint density at radius 1 is 1.13 bits per heavy atom. The van der Waals surface area contributed by atoms with Gasteiger partial charge in [0.25, 0.3) is 0 Å². The van der Waals surface area contributed by atoms with Crippen LogP contribution in [0.1, 0.15) is 12.8 Å². The number of likely N-dealkylation sites (tertiary alicyclic amines) is 1. The van der Waals surface area contributed by atoms with Crippen LogP contribution in [0.4, 0.5) is 0 Å². The largest absolute Gasteiger partial charge is 0.395 e. The molecule has 4 N–H and O–H groups in total. The fourth-order valence-corrected chi connectivity index (χ4v) is 2.94. The van der Waals surface area contributed by atoms with Crippen molar-refractivity contribution >= 4 is 0 Å². The van der Waals surface area contributed by atoms with E-state index in [2.05, 4.69) is 4.90 Å². The average molecular weight is 217 g/mol. The summed E-state index contributed by atoms with van der Waals surface area (Å²) in [6, 6.07) is 0.102. The van der Waals surface area contributed by atoms with Crippen LogP contribution in [0, 0.1) is 5.92 Å². The van der Waals surface area contributed by atoms with Crippen molar-refractivity contribution in [1.29, 1.82) is 0 Å². The number of rotatable bonds is 2. The van der Waals surface area contributed by atoms with Crippen molar-refractivity contribution in [2.75, 3.05) is 19.7 Å². The summed E-state index contributed by atoms with van der Waals surface area (Å²) in [5, 5.41) is 37.8. The van der Waals surface area contributed by atoms with E-state index in [0.29, 0.717) is 13.0 Å². The molecule has 0 amide bonds. The lowest BCUT2D eigenvalue weighted by Crippen LogP contribution is -2.54. The summed E-state index contributed by atoms with van der Waals surface area (Å²) in [4.78, 5) is 2.09. The smallest absolute Gasteiger partial charge is 0.106 e. The summed E-state index contributed by atoms with van der Waals surface area (Å²) in [7, 11) is 0. The van der Waals surface area contributed by atoms with Gasteiger partial charge in [-0.1, -0.05) is 0 Å². The van der Waals surface area contributed by atoms with E-state index in [9.17, 15) is 15.3 Å². The Bertz CT molecular complexity index is 225. The number of aliphatic hydroxyl groups is 4. The molecule has 0 aromatic rings. The highest BCUT2D eigenvalue weighted by Crippen LogP contribution is 2.36. The first-order valence-electron chi connectivity index (χ1n) is 5.54. The number of hydrogen-bond donors (Lipinski definition) is 4. The van der Waals surface area contributed by atoms with Crippen molar-refractivity contribution in [3.63, 3.8) is 0 Å². The van der Waals surface area contributed by atoms with Gasteiger partial charge in [-0.05, 0) is 19.4 Å². The van der Waals surface area contributed by atoms with Crippen LogP contribution in [-0.2, 0) is 0 Å². The molecule has 5 atom stereocenters. The molecule has 0 radical (unpaired) electrons. The van der Waals surface area contributed by atoms with Gasteiger partial charge in [0.05, 0.1) is 18.8 Å². The molecule has 1 heterocycles. The zero-order valence-electron chi connectivity index (χ0n) is 8.66. The highest BCUT2D eigenvalue weighted by atomic mass is 16.4. The number of β-amino-alcohol motifs (C(OH)–C–C–N with tert-alkyl or cyclic N) is 1. The van der Waals surface area contributed by atoms with E-state index in [-0.39, 0.29) is 18.6 Å². The molecule has 88 valence electrons. The Hall–Kier alpha value is -0.200. The molecule has 5 heteroatoms. The molecular formula is C10H19NO4. The molecule has 1 saturated heterocycles. The molecule has 0 spiro atoms. The average Bonchev–Trinajstić information content (AvgIpc) is 2.59. The fraction of sp³-hybridized carbons (Fsp3) is 1.00. The van der Waals surface area contributed by atoms with Crippen molar-refractivity contribution < 1.29 is 20.4 Å². The van der Waals surface area contributed by atoms with Gasteiger partial charge in [0.1, 0.15) is 6.10 Å². The number of hydrogen-bond acceptors (Lipinski definition) is 5. The summed E-state index contributed by atoms with van der Waals surface area (Å²) in [6.07, 6.45) is -1.37. The molecule has 5 nitrogen and oxygen atoms in total. The first kappa shape index (κ1) is 11.3. The van der Waals surface area contributed by atoms with E-state index < -0.39 is 18.3 Å². The quantitative estimate of drug-likeness (QED) is 0.437. The van der Waals surface area contributed by atoms with Crippen LogP contribution in [0.15, 0.2) is 0 Å². The van der Waals surface area contributed by atoms with Gasteiger partial charge in [-0.15, -0.1) is 0 Å². The number of fused-ring (bicyclic) bond motifs is 1. The van der Waals surface area contributed by atoms with Crippen molar-refractivity contribution in [3.05, 3.63) is 0 Å². The molecule has 0 aromatic carbocycles. The lowest BCUT2D eigenvalue weighted by Gasteiger charge is -2.40. The van der Waals surface area contributed by atoms with Crippen molar-refractivity contribution in [2.24, 2.45) is 5.92 Å². The predicted molar refractivity (Wildman–Crippen MR) is 53.2 cm³/mol. The minimum Gasteiger partial charge on any atom is -0.395 e. The van der Waals surface area contributed by atoms with Gasteiger partial charge in [-0.3, -0.25) is 4.90 Å². The lowest BCUT2D eigenvalue weighted by molar-refractivity contribution is -0.122. The molecule has 2 rings (SSSR count). The maximum absolute atomic E-state index is 9.81. The molecular weight excluding hydrogens is 198 g/mol. The molecule has 0 aromatic heterocycles. The monoisotopic (exact) mass is 217 g/mol. The predicted octanol–water partition coefficient (Wildman–Crippen LogP) is -1.84. The summed E-state index contributed by atoms with van der Waals surface area (Å²) in [6.45, 7) is 1.50. The topological polar surface area (TPSA) is 84.2 Å². The Kier molecular flexibility index (Phi) is 3.27. The van der Waals surface area contributed by atoms with E-state index in [0.717, 1.165) is 13.0 Å². The molecule has 5 unspecified atom stereocenters. The second-order valence-electron chi connectivity index (χ2n) is 4.56. The highest BCUT2D eigenvalue weighted by molar-refractivity contribution is 5.00. The second kappa shape index (κ2) is 4.35. The molecule has 1 saturated carbocycles. The van der Waals surface area contributed by atoms with Crippen LogP contribution in [0.5, 0.6) is 0 Å². The third kappa shape index (κ3) is 1.90.